The van der Waals surface area contributed by atoms with Crippen molar-refractivity contribution >= 4 is 11.8 Å². The van der Waals surface area contributed by atoms with Crippen LogP contribution in [0.4, 0.5) is 0 Å². The zero-order valence-electron chi connectivity index (χ0n) is 12.6. The number of primary amides is 1. The minimum Gasteiger partial charge on any atom is -0.370 e. The summed E-state index contributed by atoms with van der Waals surface area (Å²) in [5.74, 6) is -0.0539. The smallest absolute Gasteiger partial charge is 0.223 e. The van der Waals surface area contributed by atoms with Gasteiger partial charge in [0.2, 0.25) is 11.8 Å². The van der Waals surface area contributed by atoms with Gasteiger partial charge in [-0.05, 0) is 18.6 Å². The van der Waals surface area contributed by atoms with Crippen LogP contribution < -0.4 is 5.73 Å². The van der Waals surface area contributed by atoms with E-state index < -0.39 is 0 Å². The van der Waals surface area contributed by atoms with Gasteiger partial charge in [0.05, 0.1) is 0 Å². The Morgan fingerprint density at radius 1 is 1.19 bits per heavy atom. The molecule has 2 rings (SSSR count). The molecule has 2 heterocycles. The average molecular weight is 292 g/mol. The van der Waals surface area contributed by atoms with Crippen LogP contribution in [0.1, 0.15) is 18.5 Å². The first-order chi connectivity index (χ1) is 10.1. The van der Waals surface area contributed by atoms with E-state index in [1.54, 1.807) is 0 Å². The molecule has 1 aromatic rings. The second-order valence-corrected chi connectivity index (χ2v) is 5.55. The van der Waals surface area contributed by atoms with Crippen molar-refractivity contribution in [3.63, 3.8) is 0 Å². The molecule has 0 atom stereocenters. The second kappa shape index (κ2) is 7.26. The summed E-state index contributed by atoms with van der Waals surface area (Å²) in [7, 11) is 2.00. The van der Waals surface area contributed by atoms with Gasteiger partial charge in [-0.15, -0.1) is 0 Å². The molecular formula is C15H24N4O2. The number of piperazine rings is 1. The fraction of sp³-hybridized carbons (Fsp3) is 0.600. The predicted octanol–water partition coefficient (Wildman–Crippen LogP) is -0.0227. The highest BCUT2D eigenvalue weighted by Gasteiger charge is 2.20. The fourth-order valence-corrected chi connectivity index (χ4v) is 2.64. The molecule has 2 N–H and O–H groups in total. The van der Waals surface area contributed by atoms with Gasteiger partial charge in [0.1, 0.15) is 0 Å². The lowest BCUT2D eigenvalue weighted by Gasteiger charge is -2.34. The number of hydrogen-bond acceptors (Lipinski definition) is 3. The molecule has 1 aliphatic rings. The topological polar surface area (TPSA) is 71.6 Å². The minimum atomic E-state index is -0.268. The van der Waals surface area contributed by atoms with Gasteiger partial charge in [-0.2, -0.15) is 0 Å². The van der Waals surface area contributed by atoms with Gasteiger partial charge >= 0.3 is 0 Å². The minimum absolute atomic E-state index is 0.214. The number of nitrogens with zero attached hydrogens (tertiary/aromatic N) is 3. The maximum atomic E-state index is 12.2. The van der Waals surface area contributed by atoms with E-state index in [4.69, 9.17) is 5.73 Å². The van der Waals surface area contributed by atoms with Crippen LogP contribution in [0.3, 0.4) is 0 Å². The first-order valence-electron chi connectivity index (χ1n) is 7.45. The summed E-state index contributed by atoms with van der Waals surface area (Å²) in [4.78, 5) is 27.1. The van der Waals surface area contributed by atoms with Gasteiger partial charge in [-0.3, -0.25) is 14.5 Å². The third-order valence-corrected chi connectivity index (χ3v) is 4.05. The van der Waals surface area contributed by atoms with Gasteiger partial charge < -0.3 is 15.2 Å². The molecular weight excluding hydrogens is 268 g/mol. The lowest BCUT2D eigenvalue weighted by atomic mass is 10.2. The molecule has 6 heteroatoms. The SMILES string of the molecule is Cn1cccc1CCC(=O)N1CCN(CCC(N)=O)CC1. The lowest BCUT2D eigenvalue weighted by molar-refractivity contribution is -0.133. The van der Waals surface area contributed by atoms with Crippen molar-refractivity contribution in [2.45, 2.75) is 19.3 Å². The number of carbonyl (C=O) groups excluding carboxylic acids is 2. The van der Waals surface area contributed by atoms with Crippen molar-refractivity contribution in [1.82, 2.24) is 14.4 Å². The van der Waals surface area contributed by atoms with Gasteiger partial charge in [0, 0.05) is 64.5 Å². The molecule has 116 valence electrons. The second-order valence-electron chi connectivity index (χ2n) is 5.55. The molecule has 0 unspecified atom stereocenters. The van der Waals surface area contributed by atoms with Crippen LogP contribution in [0.5, 0.6) is 0 Å². The highest BCUT2D eigenvalue weighted by Crippen LogP contribution is 2.08. The Morgan fingerprint density at radius 3 is 2.48 bits per heavy atom. The van der Waals surface area contributed by atoms with E-state index >= 15 is 0 Å². The van der Waals surface area contributed by atoms with Gasteiger partial charge in [0.25, 0.3) is 0 Å². The number of aromatic nitrogens is 1. The van der Waals surface area contributed by atoms with Crippen molar-refractivity contribution in [3.05, 3.63) is 24.0 Å². The summed E-state index contributed by atoms with van der Waals surface area (Å²) < 4.78 is 2.05. The highest BCUT2D eigenvalue weighted by atomic mass is 16.2. The lowest BCUT2D eigenvalue weighted by Crippen LogP contribution is -2.49. The van der Waals surface area contributed by atoms with Gasteiger partial charge in [-0.25, -0.2) is 0 Å². The zero-order chi connectivity index (χ0) is 15.2. The van der Waals surface area contributed by atoms with Crippen LogP contribution in [0, 0.1) is 0 Å². The van der Waals surface area contributed by atoms with Gasteiger partial charge in [0.15, 0.2) is 0 Å². The first-order valence-corrected chi connectivity index (χ1v) is 7.45. The third kappa shape index (κ3) is 4.60. The average Bonchev–Trinajstić information content (AvgIpc) is 2.88. The molecule has 0 aliphatic carbocycles. The van der Waals surface area contributed by atoms with Crippen molar-refractivity contribution in [1.29, 1.82) is 0 Å². The van der Waals surface area contributed by atoms with Crippen molar-refractivity contribution < 1.29 is 9.59 Å². The molecule has 1 aromatic heterocycles. The monoisotopic (exact) mass is 292 g/mol. The van der Waals surface area contributed by atoms with Crippen LogP contribution in [-0.2, 0) is 23.1 Å². The zero-order valence-corrected chi connectivity index (χ0v) is 12.6. The van der Waals surface area contributed by atoms with E-state index in [0.29, 0.717) is 19.4 Å². The molecule has 0 aromatic carbocycles. The molecule has 1 aliphatic heterocycles. The first kappa shape index (κ1) is 15.6. The Balaban J connectivity index is 1.70. The predicted molar refractivity (Wildman–Crippen MR) is 80.6 cm³/mol. The molecule has 1 fully saturated rings. The van der Waals surface area contributed by atoms with Crippen molar-refractivity contribution in [3.8, 4) is 0 Å². The molecule has 0 saturated carbocycles. The van der Waals surface area contributed by atoms with Crippen molar-refractivity contribution in [2.24, 2.45) is 12.8 Å². The number of hydrogen-bond donors (Lipinski definition) is 1. The molecule has 0 bridgehead atoms. The fourth-order valence-electron chi connectivity index (χ4n) is 2.64. The van der Waals surface area contributed by atoms with Crippen LogP contribution in [0.2, 0.25) is 0 Å². The maximum Gasteiger partial charge on any atom is 0.223 e. The van der Waals surface area contributed by atoms with Crippen LogP contribution in [0.25, 0.3) is 0 Å². The maximum absolute atomic E-state index is 12.2. The molecule has 0 spiro atoms. The van der Waals surface area contributed by atoms with E-state index in [1.165, 1.54) is 5.69 Å². The van der Waals surface area contributed by atoms with E-state index in [0.717, 1.165) is 32.6 Å². The molecule has 2 amide bonds. The third-order valence-electron chi connectivity index (χ3n) is 4.05. The Morgan fingerprint density at radius 2 is 1.90 bits per heavy atom. The number of nitrogens with two attached hydrogens (primary N) is 1. The van der Waals surface area contributed by atoms with Crippen LogP contribution >= 0.6 is 0 Å². The van der Waals surface area contributed by atoms with E-state index in [-0.39, 0.29) is 11.8 Å². The summed E-state index contributed by atoms with van der Waals surface area (Å²) in [5, 5.41) is 0. The summed E-state index contributed by atoms with van der Waals surface area (Å²) in [5.41, 5.74) is 6.33. The quantitative estimate of drug-likeness (QED) is 0.801. The number of aryl methyl sites for hydroxylation is 2. The standard InChI is InChI=1S/C15H24N4O2/c1-17-7-2-3-13(17)4-5-15(21)19-11-9-18(10-12-19)8-6-14(16)20/h2-3,7H,4-6,8-12H2,1H3,(H2,16,20). The Bertz CT molecular complexity index is 490. The van der Waals surface area contributed by atoms with Gasteiger partial charge in [-0.1, -0.05) is 0 Å². The highest BCUT2D eigenvalue weighted by molar-refractivity contribution is 5.76. The van der Waals surface area contributed by atoms with E-state index in [9.17, 15) is 9.59 Å². The Kier molecular flexibility index (Phi) is 5.38. The Labute approximate surface area is 125 Å². The summed E-state index contributed by atoms with van der Waals surface area (Å²) in [6.07, 6.45) is 3.72. The molecule has 21 heavy (non-hydrogen) atoms. The summed E-state index contributed by atoms with van der Waals surface area (Å²) in [6, 6.07) is 4.05. The van der Waals surface area contributed by atoms with E-state index in [2.05, 4.69) is 15.5 Å². The molecule has 1 saturated heterocycles. The number of rotatable bonds is 6. The number of amides is 2. The summed E-state index contributed by atoms with van der Waals surface area (Å²) in [6.45, 7) is 3.82. The largest absolute Gasteiger partial charge is 0.370 e. The van der Waals surface area contributed by atoms with Crippen LogP contribution in [-0.4, -0.2) is 58.9 Å². The normalized spacial score (nSPS) is 16.1. The molecule has 0 radical (unpaired) electrons. The summed E-state index contributed by atoms with van der Waals surface area (Å²) >= 11 is 0. The van der Waals surface area contributed by atoms with E-state index in [1.807, 2.05) is 24.2 Å². The molecule has 6 nitrogen and oxygen atoms in total. The number of carbonyl (C=O) groups is 2. The van der Waals surface area contributed by atoms with Crippen molar-refractivity contribution in [2.75, 3.05) is 32.7 Å². The van der Waals surface area contributed by atoms with Crippen LogP contribution in [0.15, 0.2) is 18.3 Å². The Hall–Kier alpha value is -1.82.